The van der Waals surface area contributed by atoms with Gasteiger partial charge < -0.3 is 15.2 Å². The van der Waals surface area contributed by atoms with Crippen LogP contribution in [-0.2, 0) is 6.18 Å². The van der Waals surface area contributed by atoms with Gasteiger partial charge in [-0.25, -0.2) is 9.78 Å². The monoisotopic (exact) mass is 374 g/mol. The Kier molecular flexibility index (Phi) is 5.17. The molecule has 25 heavy (non-hydrogen) atoms. The molecule has 0 fully saturated rings. The molecular weight excluding hydrogens is 365 g/mol. The maximum atomic E-state index is 13.1. The van der Waals surface area contributed by atoms with Crippen LogP contribution in [0.1, 0.15) is 26.3 Å². The van der Waals surface area contributed by atoms with Gasteiger partial charge in [-0.3, -0.25) is 4.79 Å². The first kappa shape index (κ1) is 18.5. The molecule has 0 saturated carbocycles. The number of nitrogens with zero attached hydrogens (tertiary/aromatic N) is 1. The number of hydrogen-bond acceptors (Lipinski definition) is 4. The molecular formula is C15H10ClF3N2O4. The van der Waals surface area contributed by atoms with Crippen molar-refractivity contribution in [2.24, 2.45) is 0 Å². The second-order valence-electron chi connectivity index (χ2n) is 4.73. The van der Waals surface area contributed by atoms with Crippen LogP contribution in [0.4, 0.5) is 19.0 Å². The van der Waals surface area contributed by atoms with Crippen molar-refractivity contribution in [2.75, 3.05) is 12.4 Å². The third-order valence-corrected chi connectivity index (χ3v) is 3.35. The number of anilines is 1. The minimum Gasteiger partial charge on any atom is -0.495 e. The predicted octanol–water partition coefficient (Wildman–Crippen LogP) is 3.71. The number of pyridine rings is 1. The van der Waals surface area contributed by atoms with E-state index in [0.717, 1.165) is 19.4 Å². The highest BCUT2D eigenvalue weighted by atomic mass is 35.5. The number of benzene rings is 1. The van der Waals surface area contributed by atoms with Crippen LogP contribution < -0.4 is 10.1 Å². The van der Waals surface area contributed by atoms with Gasteiger partial charge in [0.05, 0.1) is 23.3 Å². The molecule has 132 valence electrons. The summed E-state index contributed by atoms with van der Waals surface area (Å²) in [7, 11) is 1.03. The maximum absolute atomic E-state index is 13.1. The molecule has 1 aromatic carbocycles. The highest BCUT2D eigenvalue weighted by Gasteiger charge is 2.36. The number of aromatic nitrogens is 1. The van der Waals surface area contributed by atoms with Crippen LogP contribution in [-0.4, -0.2) is 29.1 Å². The molecule has 0 aliphatic carbocycles. The van der Waals surface area contributed by atoms with Crippen LogP contribution in [0.2, 0.25) is 5.02 Å². The van der Waals surface area contributed by atoms with Crippen molar-refractivity contribution in [1.82, 2.24) is 4.98 Å². The zero-order valence-electron chi connectivity index (χ0n) is 12.5. The van der Waals surface area contributed by atoms with Crippen molar-refractivity contribution in [3.05, 3.63) is 52.2 Å². The molecule has 0 atom stereocenters. The molecule has 6 nitrogen and oxygen atoms in total. The van der Waals surface area contributed by atoms with Crippen LogP contribution in [0.3, 0.4) is 0 Å². The van der Waals surface area contributed by atoms with Crippen molar-refractivity contribution in [1.29, 1.82) is 0 Å². The number of amides is 1. The highest BCUT2D eigenvalue weighted by molar-refractivity contribution is 6.32. The molecule has 0 saturated heterocycles. The Bertz CT molecular complexity index is 823. The number of carboxylic acid groups (broad SMARTS) is 1. The van der Waals surface area contributed by atoms with E-state index in [1.165, 1.54) is 12.1 Å². The average Bonchev–Trinajstić information content (AvgIpc) is 2.53. The smallest absolute Gasteiger partial charge is 0.420 e. The second kappa shape index (κ2) is 6.98. The number of ether oxygens (including phenoxy) is 1. The minimum absolute atomic E-state index is 0.0319. The van der Waals surface area contributed by atoms with Gasteiger partial charge in [-0.1, -0.05) is 11.6 Å². The van der Waals surface area contributed by atoms with Crippen molar-refractivity contribution in [3.63, 3.8) is 0 Å². The number of carboxylic acids is 1. The van der Waals surface area contributed by atoms with Gasteiger partial charge in [0, 0.05) is 11.8 Å². The second-order valence-corrected chi connectivity index (χ2v) is 5.14. The topological polar surface area (TPSA) is 88.5 Å². The summed E-state index contributed by atoms with van der Waals surface area (Å²) < 4.78 is 43.8. The Balaban J connectivity index is 2.33. The van der Waals surface area contributed by atoms with Gasteiger partial charge in [0.1, 0.15) is 11.6 Å². The Labute approximate surface area is 144 Å². The number of carbonyl (C=O) groups is 2. The molecule has 1 heterocycles. The van der Waals surface area contributed by atoms with Crippen molar-refractivity contribution in [3.8, 4) is 5.75 Å². The molecule has 0 bridgehead atoms. The van der Waals surface area contributed by atoms with Crippen LogP contribution in [0.5, 0.6) is 5.75 Å². The number of rotatable bonds is 4. The van der Waals surface area contributed by atoms with Gasteiger partial charge in [-0.15, -0.1) is 0 Å². The van der Waals surface area contributed by atoms with Crippen molar-refractivity contribution in [2.45, 2.75) is 6.18 Å². The number of methoxy groups -OCH3 is 1. The Hall–Kier alpha value is -2.81. The average molecular weight is 375 g/mol. The summed E-state index contributed by atoms with van der Waals surface area (Å²) >= 11 is 5.76. The van der Waals surface area contributed by atoms with E-state index >= 15 is 0 Å². The molecule has 0 unspecified atom stereocenters. The van der Waals surface area contributed by atoms with Gasteiger partial charge in [-0.05, 0) is 24.3 Å². The maximum Gasteiger partial charge on any atom is 0.420 e. The first-order chi connectivity index (χ1) is 11.6. The van der Waals surface area contributed by atoms with Gasteiger partial charge in [-0.2, -0.15) is 13.2 Å². The molecule has 0 aliphatic heterocycles. The fraction of sp³-hybridized carbons (Fsp3) is 0.133. The molecule has 1 aromatic heterocycles. The number of alkyl halides is 3. The van der Waals surface area contributed by atoms with Gasteiger partial charge in [0.2, 0.25) is 0 Å². The number of carbonyl (C=O) groups excluding carboxylic acids is 1. The standard InChI is InChI=1S/C15H10ClF3N2O4/c1-25-12-9(15(17,18)19)4-8(5-10(12)16)13(22)21-11-3-2-7(6-20-11)14(23)24/h2-6H,1H3,(H,23,24)(H,20,21,22). The lowest BCUT2D eigenvalue weighted by Crippen LogP contribution is -2.16. The summed E-state index contributed by atoms with van der Waals surface area (Å²) in [4.78, 5) is 26.6. The van der Waals surface area contributed by atoms with E-state index in [1.807, 2.05) is 0 Å². The molecule has 0 radical (unpaired) electrons. The van der Waals surface area contributed by atoms with E-state index in [-0.39, 0.29) is 22.0 Å². The van der Waals surface area contributed by atoms with E-state index in [4.69, 9.17) is 16.7 Å². The summed E-state index contributed by atoms with van der Waals surface area (Å²) in [5.41, 5.74) is -1.66. The van der Waals surface area contributed by atoms with Crippen LogP contribution >= 0.6 is 11.6 Å². The third kappa shape index (κ3) is 4.18. The zero-order chi connectivity index (χ0) is 18.8. The number of halogens is 4. The fourth-order valence-electron chi connectivity index (χ4n) is 1.93. The number of nitrogens with one attached hydrogen (secondary N) is 1. The van der Waals surface area contributed by atoms with Gasteiger partial charge in [0.25, 0.3) is 5.91 Å². The van der Waals surface area contributed by atoms with Crippen LogP contribution in [0.25, 0.3) is 0 Å². The zero-order valence-corrected chi connectivity index (χ0v) is 13.3. The summed E-state index contributed by atoms with van der Waals surface area (Å²) in [6.45, 7) is 0. The van der Waals surface area contributed by atoms with E-state index in [1.54, 1.807) is 0 Å². The summed E-state index contributed by atoms with van der Waals surface area (Å²) in [6.07, 6.45) is -3.77. The lowest BCUT2D eigenvalue weighted by molar-refractivity contribution is -0.138. The van der Waals surface area contributed by atoms with Crippen molar-refractivity contribution < 1.29 is 32.6 Å². The Morgan fingerprint density at radius 1 is 1.24 bits per heavy atom. The molecule has 0 aliphatic rings. The predicted molar refractivity (Wildman–Crippen MR) is 82.2 cm³/mol. The minimum atomic E-state index is -4.77. The van der Waals surface area contributed by atoms with Gasteiger partial charge in [0.15, 0.2) is 0 Å². The van der Waals surface area contributed by atoms with E-state index < -0.39 is 29.4 Å². The van der Waals surface area contributed by atoms with Gasteiger partial charge >= 0.3 is 12.1 Å². The van der Waals surface area contributed by atoms with E-state index in [0.29, 0.717) is 6.07 Å². The highest BCUT2D eigenvalue weighted by Crippen LogP contribution is 2.41. The molecule has 2 rings (SSSR count). The molecule has 0 spiro atoms. The largest absolute Gasteiger partial charge is 0.495 e. The lowest BCUT2D eigenvalue weighted by Gasteiger charge is -2.15. The molecule has 2 aromatic rings. The number of hydrogen-bond donors (Lipinski definition) is 2. The molecule has 2 N–H and O–H groups in total. The molecule has 10 heteroatoms. The van der Waals surface area contributed by atoms with E-state index in [2.05, 4.69) is 15.0 Å². The van der Waals surface area contributed by atoms with Crippen LogP contribution in [0.15, 0.2) is 30.5 Å². The summed E-state index contributed by atoms with van der Waals surface area (Å²) in [6, 6.07) is 4.02. The van der Waals surface area contributed by atoms with Crippen LogP contribution in [0, 0.1) is 0 Å². The number of aromatic carboxylic acids is 1. The van der Waals surface area contributed by atoms with Crippen molar-refractivity contribution >= 4 is 29.3 Å². The third-order valence-electron chi connectivity index (χ3n) is 3.07. The SMILES string of the molecule is COc1c(Cl)cc(C(=O)Nc2ccc(C(=O)O)cn2)cc1C(F)(F)F. The summed E-state index contributed by atoms with van der Waals surface area (Å²) in [5, 5.41) is 10.6. The first-order valence-electron chi connectivity index (χ1n) is 6.59. The Morgan fingerprint density at radius 2 is 1.92 bits per heavy atom. The molecule has 1 amide bonds. The fourth-order valence-corrected chi connectivity index (χ4v) is 2.22. The quantitative estimate of drug-likeness (QED) is 0.851. The normalized spacial score (nSPS) is 11.1. The summed E-state index contributed by atoms with van der Waals surface area (Å²) in [5.74, 6) is -2.72. The first-order valence-corrected chi connectivity index (χ1v) is 6.96. The Morgan fingerprint density at radius 3 is 2.40 bits per heavy atom. The van der Waals surface area contributed by atoms with E-state index in [9.17, 15) is 22.8 Å². The lowest BCUT2D eigenvalue weighted by atomic mass is 10.1.